The number of carbonyl (C=O) groups excluding carboxylic acids is 1. The molecule has 0 bridgehead atoms. The van der Waals surface area contributed by atoms with E-state index in [0.29, 0.717) is 64.4 Å². The number of carbonyl (C=O) groups is 1. The van der Waals surface area contributed by atoms with E-state index in [4.69, 9.17) is 20.9 Å². The Balaban J connectivity index is 1.68. The Labute approximate surface area is 250 Å². The molecule has 224 valence electrons. The van der Waals surface area contributed by atoms with Gasteiger partial charge < -0.3 is 35.7 Å². The maximum Gasteiger partial charge on any atom is 0.256 e. The van der Waals surface area contributed by atoms with E-state index < -0.39 is 0 Å². The smallest absolute Gasteiger partial charge is 0.256 e. The van der Waals surface area contributed by atoms with Gasteiger partial charge in [0.15, 0.2) is 11.5 Å². The van der Waals surface area contributed by atoms with Gasteiger partial charge >= 0.3 is 0 Å². The molecule has 0 radical (unpaired) electrons. The Morgan fingerprint density at radius 3 is 2.58 bits per heavy atom. The van der Waals surface area contributed by atoms with Crippen molar-refractivity contribution < 1.29 is 14.3 Å². The first-order chi connectivity index (χ1) is 20.6. The van der Waals surface area contributed by atoms with Gasteiger partial charge in [0.1, 0.15) is 11.4 Å². The lowest BCUT2D eigenvalue weighted by Crippen LogP contribution is -2.31. The van der Waals surface area contributed by atoms with E-state index in [1.54, 1.807) is 38.7 Å². The summed E-state index contributed by atoms with van der Waals surface area (Å²) in [6, 6.07) is 9.10. The summed E-state index contributed by atoms with van der Waals surface area (Å²) in [5, 5.41) is 3.32. The summed E-state index contributed by atoms with van der Waals surface area (Å²) in [5.74, 6) is 7.44. The molecule has 1 amide bonds. The molecule has 11 heteroatoms. The summed E-state index contributed by atoms with van der Waals surface area (Å²) in [6.45, 7) is 3.87. The van der Waals surface area contributed by atoms with E-state index in [-0.39, 0.29) is 22.8 Å². The highest BCUT2D eigenvalue weighted by atomic mass is 16.5. The Kier molecular flexibility index (Phi) is 9.85. The number of fused-ring (bicyclic) bond motifs is 1. The molecule has 2 aromatic carbocycles. The highest BCUT2D eigenvalue weighted by Gasteiger charge is 2.16. The molecule has 0 saturated carbocycles. The molecule has 4 aromatic rings. The molecule has 0 aliphatic heterocycles. The number of nitrogens with zero attached hydrogens (tertiary/aromatic N) is 4. The molecule has 0 spiro atoms. The van der Waals surface area contributed by atoms with E-state index >= 15 is 0 Å². The number of aryl methyl sites for hydroxylation is 1. The number of rotatable bonds is 10. The molecule has 0 saturated heterocycles. The lowest BCUT2D eigenvalue weighted by molar-refractivity contribution is 0.0950. The number of hydrogen-bond donors (Lipinski definition) is 3. The Morgan fingerprint density at radius 2 is 1.91 bits per heavy atom. The van der Waals surface area contributed by atoms with Crippen LogP contribution in [0.1, 0.15) is 46.0 Å². The predicted octanol–water partition coefficient (Wildman–Crippen LogP) is 2.67. The van der Waals surface area contributed by atoms with Crippen molar-refractivity contribution in [1.82, 2.24) is 24.8 Å². The fourth-order valence-corrected chi connectivity index (χ4v) is 4.73. The van der Waals surface area contributed by atoms with Crippen molar-refractivity contribution in [2.45, 2.75) is 26.3 Å². The fraction of sp³-hybridized carbons (Fsp3) is 0.312. The molecule has 0 aliphatic carbocycles. The molecule has 0 aliphatic rings. The zero-order valence-electron chi connectivity index (χ0n) is 25.2. The number of ether oxygens (including phenoxy) is 2. The average Bonchev–Trinajstić information content (AvgIpc) is 2.99. The van der Waals surface area contributed by atoms with E-state index in [0.717, 1.165) is 18.5 Å². The van der Waals surface area contributed by atoms with Crippen molar-refractivity contribution in [2.75, 3.05) is 52.9 Å². The van der Waals surface area contributed by atoms with Gasteiger partial charge in [0, 0.05) is 48.4 Å². The maximum absolute atomic E-state index is 13.3. The molecule has 0 unspecified atom stereocenters. The van der Waals surface area contributed by atoms with Crippen molar-refractivity contribution in [3.8, 4) is 23.3 Å². The first-order valence-electron chi connectivity index (χ1n) is 13.9. The van der Waals surface area contributed by atoms with Crippen LogP contribution in [0.15, 0.2) is 47.5 Å². The van der Waals surface area contributed by atoms with Gasteiger partial charge in [-0.3, -0.25) is 9.59 Å². The molecule has 2 aromatic heterocycles. The number of methoxy groups -OCH3 is 2. The third-order valence-corrected chi connectivity index (χ3v) is 6.93. The first-order valence-corrected chi connectivity index (χ1v) is 13.9. The highest BCUT2D eigenvalue weighted by Crippen LogP contribution is 2.33. The topological polar surface area (TPSA) is 151 Å². The second-order valence-electron chi connectivity index (χ2n) is 10.2. The number of anilines is 2. The molecule has 11 nitrogen and oxygen atoms in total. The van der Waals surface area contributed by atoms with Gasteiger partial charge in [0.05, 0.1) is 25.3 Å². The van der Waals surface area contributed by atoms with Crippen molar-refractivity contribution in [1.29, 1.82) is 0 Å². The second-order valence-corrected chi connectivity index (χ2v) is 10.2. The average molecular weight is 584 g/mol. The number of hydrogen-bond acceptors (Lipinski definition) is 9. The minimum Gasteiger partial charge on any atom is -0.493 e. The Morgan fingerprint density at radius 1 is 1.12 bits per heavy atom. The van der Waals surface area contributed by atoms with Crippen LogP contribution in [0.25, 0.3) is 10.9 Å². The zero-order valence-corrected chi connectivity index (χ0v) is 25.2. The minimum atomic E-state index is -0.370. The summed E-state index contributed by atoms with van der Waals surface area (Å²) in [6.07, 6.45) is 4.45. The quantitative estimate of drug-likeness (QED) is 0.189. The number of nitrogens with one attached hydrogen (secondary N) is 1. The SMILES string of the molecule is CCn1cc(C(=O)NCCCN(C)C)c(=O)c2ccc(C#Cc3cc(Cc4cnc(N)nc4N)cc(OC)c3OC)cc21. The van der Waals surface area contributed by atoms with E-state index in [1.165, 1.54) is 0 Å². The molecule has 4 rings (SSSR count). The van der Waals surface area contributed by atoms with Crippen LogP contribution in [0.5, 0.6) is 11.5 Å². The number of amides is 1. The molecular formula is C32H37N7O4. The first kappa shape index (κ1) is 30.9. The number of benzene rings is 2. The summed E-state index contributed by atoms with van der Waals surface area (Å²) in [5.41, 5.74) is 15.1. The second kappa shape index (κ2) is 13.7. The molecule has 2 heterocycles. The van der Waals surface area contributed by atoms with Crippen LogP contribution in [0, 0.1) is 11.8 Å². The molecule has 0 fully saturated rings. The number of aromatic nitrogens is 3. The number of pyridine rings is 1. The standard InChI is InChI=1S/C32H37N7O4/c1-6-39-19-25(31(41)35-12-7-13-38(2)3)28(40)24-11-9-20(16-26(24)39)8-10-22-14-21(17-27(42-4)29(22)43-5)15-23-18-36-32(34)37-30(23)33/h9,11,14,16-19H,6-7,12-13,15H2,1-5H3,(H,35,41)(H4,33,34,36,37). The predicted molar refractivity (Wildman–Crippen MR) is 169 cm³/mol. The van der Waals surface area contributed by atoms with Crippen LogP contribution in [0.3, 0.4) is 0 Å². The minimum absolute atomic E-state index is 0.110. The van der Waals surface area contributed by atoms with Crippen molar-refractivity contribution >= 4 is 28.6 Å². The van der Waals surface area contributed by atoms with Crippen LogP contribution >= 0.6 is 0 Å². The molecular weight excluding hydrogens is 546 g/mol. The van der Waals surface area contributed by atoms with Crippen LogP contribution in [0.4, 0.5) is 11.8 Å². The van der Waals surface area contributed by atoms with Gasteiger partial charge in [-0.05, 0) is 69.9 Å². The van der Waals surface area contributed by atoms with Gasteiger partial charge in [-0.2, -0.15) is 4.98 Å². The summed E-state index contributed by atoms with van der Waals surface area (Å²) >= 11 is 0. The molecule has 0 atom stereocenters. The van der Waals surface area contributed by atoms with Crippen LogP contribution < -0.4 is 31.7 Å². The van der Waals surface area contributed by atoms with Gasteiger partial charge in [0.2, 0.25) is 11.4 Å². The Hall–Kier alpha value is -5.08. The van der Waals surface area contributed by atoms with Crippen LogP contribution in [-0.4, -0.2) is 66.7 Å². The Bertz CT molecular complexity index is 1770. The lowest BCUT2D eigenvalue weighted by Gasteiger charge is -2.13. The largest absolute Gasteiger partial charge is 0.493 e. The summed E-state index contributed by atoms with van der Waals surface area (Å²) < 4.78 is 13.1. The van der Waals surface area contributed by atoms with Gasteiger partial charge in [-0.1, -0.05) is 11.8 Å². The lowest BCUT2D eigenvalue weighted by atomic mass is 10.0. The number of nitrogens with two attached hydrogens (primary N) is 2. The fourth-order valence-electron chi connectivity index (χ4n) is 4.73. The summed E-state index contributed by atoms with van der Waals surface area (Å²) in [4.78, 5) is 36.2. The molecule has 43 heavy (non-hydrogen) atoms. The van der Waals surface area contributed by atoms with Gasteiger partial charge in [0.25, 0.3) is 5.91 Å². The molecule has 5 N–H and O–H groups in total. The van der Waals surface area contributed by atoms with E-state index in [1.807, 2.05) is 48.7 Å². The maximum atomic E-state index is 13.3. The van der Waals surface area contributed by atoms with E-state index in [9.17, 15) is 9.59 Å². The van der Waals surface area contributed by atoms with Gasteiger partial charge in [-0.15, -0.1) is 0 Å². The van der Waals surface area contributed by atoms with Crippen molar-refractivity contribution in [3.05, 3.63) is 80.8 Å². The van der Waals surface area contributed by atoms with Crippen molar-refractivity contribution in [3.63, 3.8) is 0 Å². The van der Waals surface area contributed by atoms with Crippen LogP contribution in [-0.2, 0) is 13.0 Å². The monoisotopic (exact) mass is 583 g/mol. The highest BCUT2D eigenvalue weighted by molar-refractivity contribution is 5.97. The summed E-state index contributed by atoms with van der Waals surface area (Å²) in [7, 11) is 7.07. The van der Waals surface area contributed by atoms with Crippen molar-refractivity contribution in [2.24, 2.45) is 0 Å². The normalized spacial score (nSPS) is 10.8. The van der Waals surface area contributed by atoms with Gasteiger partial charge in [-0.25, -0.2) is 4.98 Å². The van der Waals surface area contributed by atoms with Crippen LogP contribution in [0.2, 0.25) is 0 Å². The zero-order chi connectivity index (χ0) is 31.1. The third-order valence-electron chi connectivity index (χ3n) is 6.93. The third kappa shape index (κ3) is 7.23. The van der Waals surface area contributed by atoms with E-state index in [2.05, 4.69) is 27.1 Å². The number of nitrogen functional groups attached to an aromatic ring is 2.